The number of ether oxygens (including phenoxy) is 1. The number of piperazine rings is 1. The SMILES string of the molecule is C=Cc1cc(C(=O)NC)c(F)cc1CN1CCN(c2ccc(OC(F)(F)F)cn2)CC1. The summed E-state index contributed by atoms with van der Waals surface area (Å²) in [5.41, 5.74) is 1.37. The van der Waals surface area contributed by atoms with Crippen LogP contribution in [0.4, 0.5) is 23.4 Å². The summed E-state index contributed by atoms with van der Waals surface area (Å²) < 4.78 is 55.0. The van der Waals surface area contributed by atoms with Crippen LogP contribution in [-0.2, 0) is 6.54 Å². The van der Waals surface area contributed by atoms with Crippen molar-refractivity contribution in [3.8, 4) is 5.75 Å². The first-order valence-corrected chi connectivity index (χ1v) is 9.56. The van der Waals surface area contributed by atoms with Crippen molar-refractivity contribution in [2.75, 3.05) is 38.1 Å². The topological polar surface area (TPSA) is 57.7 Å². The fourth-order valence-electron chi connectivity index (χ4n) is 3.40. The molecule has 1 saturated heterocycles. The van der Waals surface area contributed by atoms with Crippen LogP contribution in [0.25, 0.3) is 6.08 Å². The molecule has 1 aromatic carbocycles. The van der Waals surface area contributed by atoms with Gasteiger partial charge < -0.3 is 15.0 Å². The Balaban J connectivity index is 1.62. The summed E-state index contributed by atoms with van der Waals surface area (Å²) in [4.78, 5) is 19.9. The van der Waals surface area contributed by atoms with Crippen molar-refractivity contribution in [3.63, 3.8) is 0 Å². The van der Waals surface area contributed by atoms with E-state index >= 15 is 0 Å². The van der Waals surface area contributed by atoms with E-state index in [9.17, 15) is 22.4 Å². The lowest BCUT2D eigenvalue weighted by Gasteiger charge is -2.35. The van der Waals surface area contributed by atoms with Gasteiger partial charge in [0, 0.05) is 39.8 Å². The molecule has 31 heavy (non-hydrogen) atoms. The van der Waals surface area contributed by atoms with Crippen molar-refractivity contribution in [3.05, 3.63) is 59.5 Å². The second-order valence-corrected chi connectivity index (χ2v) is 6.98. The van der Waals surface area contributed by atoms with Crippen molar-refractivity contribution in [1.29, 1.82) is 0 Å². The Kier molecular flexibility index (Phi) is 6.79. The first kappa shape index (κ1) is 22.5. The first-order valence-electron chi connectivity index (χ1n) is 9.56. The molecule has 0 unspecified atom stereocenters. The van der Waals surface area contributed by atoms with Crippen LogP contribution < -0.4 is 15.0 Å². The molecule has 2 heterocycles. The Morgan fingerprint density at radius 2 is 1.97 bits per heavy atom. The zero-order valence-corrected chi connectivity index (χ0v) is 16.9. The predicted octanol–water partition coefficient (Wildman–Crippen LogP) is 3.44. The van der Waals surface area contributed by atoms with Gasteiger partial charge in [0.15, 0.2) is 0 Å². The third-order valence-corrected chi connectivity index (χ3v) is 4.97. The van der Waals surface area contributed by atoms with E-state index < -0.39 is 18.1 Å². The van der Waals surface area contributed by atoms with Gasteiger partial charge in [-0.25, -0.2) is 9.37 Å². The molecule has 1 fully saturated rings. The van der Waals surface area contributed by atoms with E-state index in [0.717, 1.165) is 11.8 Å². The van der Waals surface area contributed by atoms with Gasteiger partial charge in [-0.1, -0.05) is 12.7 Å². The third kappa shape index (κ3) is 5.72. The zero-order valence-electron chi connectivity index (χ0n) is 16.9. The molecule has 1 amide bonds. The molecule has 10 heteroatoms. The van der Waals surface area contributed by atoms with Crippen LogP contribution in [0.3, 0.4) is 0 Å². The molecule has 2 aromatic rings. The highest BCUT2D eigenvalue weighted by Gasteiger charge is 2.31. The molecule has 166 valence electrons. The molecular weight excluding hydrogens is 416 g/mol. The lowest BCUT2D eigenvalue weighted by atomic mass is 10.0. The van der Waals surface area contributed by atoms with Crippen LogP contribution in [-0.4, -0.2) is 55.4 Å². The monoisotopic (exact) mass is 438 g/mol. The largest absolute Gasteiger partial charge is 0.573 e. The average Bonchev–Trinajstić information content (AvgIpc) is 2.73. The number of carbonyl (C=O) groups is 1. The Labute approximate surface area is 177 Å². The number of amides is 1. The number of anilines is 1. The second kappa shape index (κ2) is 9.34. The molecular formula is C21H22F4N4O2. The van der Waals surface area contributed by atoms with Crippen molar-refractivity contribution < 1.29 is 27.1 Å². The second-order valence-electron chi connectivity index (χ2n) is 6.98. The molecule has 0 bridgehead atoms. The standard InChI is InChI=1S/C21H22F4N4O2/c1-3-14-10-17(20(30)26-2)18(22)11-15(14)13-28-6-8-29(9-7-28)19-5-4-16(12-27-19)31-21(23,24)25/h3-5,10-12H,1,6-9,13H2,2H3,(H,26,30). The number of nitrogens with one attached hydrogen (secondary N) is 1. The quantitative estimate of drug-likeness (QED) is 0.701. The molecule has 0 radical (unpaired) electrons. The fraction of sp³-hybridized carbons (Fsp3) is 0.333. The fourth-order valence-corrected chi connectivity index (χ4v) is 3.40. The van der Waals surface area contributed by atoms with Gasteiger partial charge in [-0.15, -0.1) is 13.2 Å². The average molecular weight is 438 g/mol. The number of carbonyl (C=O) groups excluding carboxylic acids is 1. The molecule has 0 atom stereocenters. The van der Waals surface area contributed by atoms with Gasteiger partial charge in [-0.05, 0) is 35.4 Å². The number of hydrogen-bond acceptors (Lipinski definition) is 5. The van der Waals surface area contributed by atoms with Crippen LogP contribution in [0.2, 0.25) is 0 Å². The van der Waals surface area contributed by atoms with Crippen LogP contribution in [0.5, 0.6) is 5.75 Å². The molecule has 0 spiro atoms. The highest BCUT2D eigenvalue weighted by molar-refractivity contribution is 5.95. The summed E-state index contributed by atoms with van der Waals surface area (Å²) in [7, 11) is 1.44. The Morgan fingerprint density at radius 1 is 1.26 bits per heavy atom. The van der Waals surface area contributed by atoms with E-state index in [0.29, 0.717) is 44.1 Å². The van der Waals surface area contributed by atoms with Crippen molar-refractivity contribution >= 4 is 17.8 Å². The number of aromatic nitrogens is 1. The van der Waals surface area contributed by atoms with Crippen molar-refractivity contribution in [2.45, 2.75) is 12.9 Å². The van der Waals surface area contributed by atoms with E-state index in [1.54, 1.807) is 6.08 Å². The van der Waals surface area contributed by atoms with Gasteiger partial charge in [-0.2, -0.15) is 0 Å². The minimum Gasteiger partial charge on any atom is -0.404 e. The van der Waals surface area contributed by atoms with Gasteiger partial charge in [-0.3, -0.25) is 9.69 Å². The van der Waals surface area contributed by atoms with Gasteiger partial charge in [0.1, 0.15) is 17.4 Å². The third-order valence-electron chi connectivity index (χ3n) is 4.97. The summed E-state index contributed by atoms with van der Waals surface area (Å²) in [5, 5.41) is 2.41. The summed E-state index contributed by atoms with van der Waals surface area (Å²) in [6.07, 6.45) is -2.12. The van der Waals surface area contributed by atoms with Crippen LogP contribution in [0, 0.1) is 5.82 Å². The number of alkyl halides is 3. The van der Waals surface area contributed by atoms with E-state index in [4.69, 9.17) is 0 Å². The molecule has 1 aliphatic heterocycles. The number of rotatable bonds is 6. The maximum Gasteiger partial charge on any atom is 0.573 e. The lowest BCUT2D eigenvalue weighted by molar-refractivity contribution is -0.274. The molecule has 6 nitrogen and oxygen atoms in total. The predicted molar refractivity (Wildman–Crippen MR) is 108 cm³/mol. The van der Waals surface area contributed by atoms with Crippen molar-refractivity contribution in [1.82, 2.24) is 15.2 Å². The maximum absolute atomic E-state index is 14.4. The van der Waals surface area contributed by atoms with Gasteiger partial charge in [0.25, 0.3) is 5.91 Å². The van der Waals surface area contributed by atoms with E-state index in [-0.39, 0.29) is 11.3 Å². The molecule has 0 aliphatic carbocycles. The van der Waals surface area contributed by atoms with Crippen LogP contribution in [0.15, 0.2) is 37.0 Å². The molecule has 3 rings (SSSR count). The first-order chi connectivity index (χ1) is 14.7. The maximum atomic E-state index is 14.4. The zero-order chi connectivity index (χ0) is 22.6. The van der Waals surface area contributed by atoms with E-state index in [1.165, 1.54) is 31.3 Å². The highest BCUT2D eigenvalue weighted by Crippen LogP contribution is 2.25. The molecule has 1 aromatic heterocycles. The van der Waals surface area contributed by atoms with Gasteiger partial charge >= 0.3 is 6.36 Å². The summed E-state index contributed by atoms with van der Waals surface area (Å²) >= 11 is 0. The number of pyridine rings is 1. The highest BCUT2D eigenvalue weighted by atomic mass is 19.4. The number of nitrogens with zero attached hydrogens (tertiary/aromatic N) is 3. The molecule has 1 aliphatic rings. The van der Waals surface area contributed by atoms with Crippen LogP contribution >= 0.6 is 0 Å². The Morgan fingerprint density at radius 3 is 2.52 bits per heavy atom. The van der Waals surface area contributed by atoms with Crippen LogP contribution in [0.1, 0.15) is 21.5 Å². The Bertz CT molecular complexity index is 940. The minimum absolute atomic E-state index is 0.0324. The normalized spacial score (nSPS) is 14.9. The van der Waals surface area contributed by atoms with Gasteiger partial charge in [0.2, 0.25) is 0 Å². The minimum atomic E-state index is -4.75. The number of halogens is 4. The summed E-state index contributed by atoms with van der Waals surface area (Å²) in [6.45, 7) is 6.74. The van der Waals surface area contributed by atoms with Crippen molar-refractivity contribution in [2.24, 2.45) is 0 Å². The number of benzene rings is 1. The van der Waals surface area contributed by atoms with E-state index in [2.05, 4.69) is 26.5 Å². The lowest BCUT2D eigenvalue weighted by Crippen LogP contribution is -2.46. The van der Waals surface area contributed by atoms with Gasteiger partial charge in [0.05, 0.1) is 11.8 Å². The Hall–Kier alpha value is -3.14. The molecule has 1 N–H and O–H groups in total. The summed E-state index contributed by atoms with van der Waals surface area (Å²) in [6, 6.07) is 5.56. The van der Waals surface area contributed by atoms with E-state index in [1.807, 2.05) is 4.90 Å². The summed E-state index contributed by atoms with van der Waals surface area (Å²) in [5.74, 6) is -0.903. The molecule has 0 saturated carbocycles. The smallest absolute Gasteiger partial charge is 0.404 e. The number of hydrogen-bond donors (Lipinski definition) is 1.